The summed E-state index contributed by atoms with van der Waals surface area (Å²) >= 11 is 0. The number of ether oxygens (including phenoxy) is 7. The number of nitrogens with zero attached hydrogens (tertiary/aromatic N) is 1. The second kappa shape index (κ2) is 11.6. The van der Waals surface area contributed by atoms with Crippen molar-refractivity contribution in [1.82, 2.24) is 4.90 Å². The van der Waals surface area contributed by atoms with E-state index in [-0.39, 0.29) is 31.1 Å². The molecule has 48 heavy (non-hydrogen) atoms. The number of carbonyl (C=O) groups excluding carboxylic acids is 2. The van der Waals surface area contributed by atoms with Crippen LogP contribution in [0.4, 0.5) is 0 Å². The lowest BCUT2D eigenvalue weighted by Crippen LogP contribution is -2.82. The fraction of sp³-hybridized carbons (Fsp3) is 0.771. The number of likely N-dealkylation sites (tertiary alicyclic amines) is 1. The van der Waals surface area contributed by atoms with Crippen molar-refractivity contribution in [2.45, 2.75) is 80.6 Å². The van der Waals surface area contributed by atoms with Gasteiger partial charge in [-0.2, -0.15) is 0 Å². The molecule has 1 saturated heterocycles. The van der Waals surface area contributed by atoms with E-state index >= 15 is 0 Å². The maximum Gasteiger partial charge on any atom is 0.338 e. The van der Waals surface area contributed by atoms with Gasteiger partial charge in [0.15, 0.2) is 0 Å². The van der Waals surface area contributed by atoms with Gasteiger partial charge < -0.3 is 48.5 Å². The Morgan fingerprint density at radius 3 is 2.23 bits per heavy atom. The summed E-state index contributed by atoms with van der Waals surface area (Å²) in [5, 5.41) is 36.9. The minimum Gasteiger partial charge on any atom is -0.497 e. The minimum absolute atomic E-state index is 0.110. The van der Waals surface area contributed by atoms with Crippen molar-refractivity contribution in [3.8, 4) is 5.75 Å². The molecular weight excluding hydrogens is 626 g/mol. The topological polar surface area (TPSA) is 163 Å². The van der Waals surface area contributed by atoms with Gasteiger partial charge in [0.2, 0.25) is 0 Å². The fourth-order valence-corrected chi connectivity index (χ4v) is 12.5. The maximum atomic E-state index is 13.9. The molecular formula is C35H49NO12. The van der Waals surface area contributed by atoms with Crippen LogP contribution in [-0.2, 0) is 33.2 Å². The highest BCUT2D eigenvalue weighted by Gasteiger charge is 2.91. The summed E-state index contributed by atoms with van der Waals surface area (Å²) in [6, 6.07) is 6.15. The molecule has 7 rings (SSSR count). The number of piperidine rings is 1. The standard InChI is InChI=1S/C35H49NO12/c1-8-36-15-32(16-42-3)26-25(45-6)23-27(36)35(26,30(46-7)24(38)28(32)39)20-13-33(41)21(44-5)14-34(23,48-17(2)37)22(20)29(33)47-31(40)18-9-11-19(43-4)12-10-18/h9-12,20-30,38-39,41H,8,13-16H2,1-7H3. The van der Waals surface area contributed by atoms with Crippen LogP contribution in [0, 0.1) is 34.5 Å². The quantitative estimate of drug-likeness (QED) is 0.297. The molecule has 0 amide bonds. The molecule has 1 spiro atoms. The van der Waals surface area contributed by atoms with Crippen molar-refractivity contribution in [2.75, 3.05) is 55.2 Å². The number of carbonyl (C=O) groups is 2. The number of esters is 2. The first-order valence-corrected chi connectivity index (χ1v) is 16.9. The zero-order valence-electron chi connectivity index (χ0n) is 28.7. The molecule has 13 nitrogen and oxygen atoms in total. The highest BCUT2D eigenvalue weighted by atomic mass is 16.6. The average molecular weight is 676 g/mol. The lowest BCUT2D eigenvalue weighted by molar-refractivity contribution is -0.324. The van der Waals surface area contributed by atoms with Crippen LogP contribution in [0.2, 0.25) is 0 Å². The first kappa shape index (κ1) is 34.1. The first-order valence-electron chi connectivity index (χ1n) is 16.9. The van der Waals surface area contributed by atoms with E-state index in [1.807, 2.05) is 6.92 Å². The van der Waals surface area contributed by atoms with E-state index in [0.717, 1.165) is 0 Å². The molecule has 13 heteroatoms. The van der Waals surface area contributed by atoms with E-state index < -0.39 is 94.3 Å². The number of rotatable bonds is 10. The smallest absolute Gasteiger partial charge is 0.338 e. The van der Waals surface area contributed by atoms with Crippen LogP contribution in [0.15, 0.2) is 24.3 Å². The van der Waals surface area contributed by atoms with Crippen molar-refractivity contribution in [2.24, 2.45) is 34.5 Å². The largest absolute Gasteiger partial charge is 0.497 e. The summed E-state index contributed by atoms with van der Waals surface area (Å²) in [7, 11) is 7.77. The second-order valence-corrected chi connectivity index (χ2v) is 14.8. The van der Waals surface area contributed by atoms with Gasteiger partial charge in [-0.15, -0.1) is 0 Å². The Kier molecular flexibility index (Phi) is 8.24. The third kappa shape index (κ3) is 3.96. The maximum absolute atomic E-state index is 13.9. The second-order valence-electron chi connectivity index (χ2n) is 14.8. The Morgan fingerprint density at radius 2 is 1.67 bits per heavy atom. The molecule has 15 atom stereocenters. The number of aliphatic hydroxyl groups is 3. The lowest BCUT2D eigenvalue weighted by Gasteiger charge is -2.70. The molecule has 6 fully saturated rings. The number of hydrogen-bond donors (Lipinski definition) is 3. The number of aliphatic hydroxyl groups excluding tert-OH is 2. The van der Waals surface area contributed by atoms with Gasteiger partial charge in [0.05, 0.1) is 43.7 Å². The zero-order chi connectivity index (χ0) is 34.6. The summed E-state index contributed by atoms with van der Waals surface area (Å²) in [5.74, 6) is -2.83. The molecule has 5 saturated carbocycles. The molecule has 5 aliphatic carbocycles. The van der Waals surface area contributed by atoms with Gasteiger partial charge in [0.1, 0.15) is 29.2 Å². The molecule has 15 unspecified atom stereocenters. The molecule has 266 valence electrons. The minimum atomic E-state index is -1.67. The van der Waals surface area contributed by atoms with E-state index in [1.165, 1.54) is 28.3 Å². The van der Waals surface area contributed by atoms with Gasteiger partial charge >= 0.3 is 11.9 Å². The molecule has 6 aliphatic rings. The van der Waals surface area contributed by atoms with Crippen LogP contribution in [0.1, 0.15) is 37.0 Å². The molecule has 1 aromatic carbocycles. The fourth-order valence-electron chi connectivity index (χ4n) is 12.5. The Hall–Kier alpha value is -2.36. The summed E-state index contributed by atoms with van der Waals surface area (Å²) in [6.45, 7) is 4.52. The van der Waals surface area contributed by atoms with Gasteiger partial charge in [-0.3, -0.25) is 9.69 Å². The Labute approximate surface area is 280 Å². The monoisotopic (exact) mass is 675 g/mol. The van der Waals surface area contributed by atoms with Crippen LogP contribution >= 0.6 is 0 Å². The Balaban J connectivity index is 1.49. The molecule has 3 N–H and O–H groups in total. The summed E-state index contributed by atoms with van der Waals surface area (Å²) < 4.78 is 42.9. The normalized spacial score (nSPS) is 48.2. The molecule has 1 aromatic rings. The van der Waals surface area contributed by atoms with E-state index in [2.05, 4.69) is 4.90 Å². The summed E-state index contributed by atoms with van der Waals surface area (Å²) in [4.78, 5) is 29.5. The van der Waals surface area contributed by atoms with Crippen LogP contribution in [0.5, 0.6) is 5.75 Å². The highest BCUT2D eigenvalue weighted by Crippen LogP contribution is 2.80. The van der Waals surface area contributed by atoms with Gasteiger partial charge in [0.25, 0.3) is 0 Å². The van der Waals surface area contributed by atoms with E-state index in [4.69, 9.17) is 33.2 Å². The van der Waals surface area contributed by atoms with Gasteiger partial charge in [0, 0.05) is 83.0 Å². The van der Waals surface area contributed by atoms with Crippen molar-refractivity contribution < 1.29 is 58.1 Å². The number of methoxy groups -OCH3 is 5. The van der Waals surface area contributed by atoms with Crippen molar-refractivity contribution in [1.29, 1.82) is 0 Å². The Bertz CT molecular complexity index is 1430. The first-order chi connectivity index (χ1) is 22.9. The van der Waals surface area contributed by atoms with Crippen LogP contribution in [0.25, 0.3) is 0 Å². The number of hydrogen-bond acceptors (Lipinski definition) is 13. The van der Waals surface area contributed by atoms with Crippen molar-refractivity contribution in [3.05, 3.63) is 29.8 Å². The summed E-state index contributed by atoms with van der Waals surface area (Å²) in [5.41, 5.74) is -4.68. The number of fused-ring (bicyclic) bond motifs is 2. The van der Waals surface area contributed by atoms with E-state index in [9.17, 15) is 24.9 Å². The van der Waals surface area contributed by atoms with Crippen molar-refractivity contribution >= 4 is 11.9 Å². The molecule has 7 bridgehead atoms. The highest BCUT2D eigenvalue weighted by molar-refractivity contribution is 5.89. The molecule has 1 heterocycles. The lowest BCUT2D eigenvalue weighted by atomic mass is 9.42. The third-order valence-electron chi connectivity index (χ3n) is 13.5. The van der Waals surface area contributed by atoms with E-state index in [1.54, 1.807) is 38.5 Å². The molecule has 1 aliphatic heterocycles. The molecule has 0 aromatic heterocycles. The Morgan fingerprint density at radius 1 is 0.958 bits per heavy atom. The van der Waals surface area contributed by atoms with Crippen LogP contribution < -0.4 is 4.74 Å². The van der Waals surface area contributed by atoms with Crippen molar-refractivity contribution in [3.63, 3.8) is 0 Å². The van der Waals surface area contributed by atoms with E-state index in [0.29, 0.717) is 18.8 Å². The summed E-state index contributed by atoms with van der Waals surface area (Å²) in [6.07, 6.45) is -5.80. The van der Waals surface area contributed by atoms with Crippen LogP contribution in [0.3, 0.4) is 0 Å². The predicted octanol–water partition coefficient (Wildman–Crippen LogP) is 0.657. The third-order valence-corrected chi connectivity index (χ3v) is 13.5. The predicted molar refractivity (Wildman–Crippen MR) is 167 cm³/mol. The average Bonchev–Trinajstić information content (AvgIpc) is 3.44. The SMILES string of the molecule is CCN1CC2(COC)C(O)C(O)C(OC)C34C5CC6(O)C(OC)CC(OC(C)=O)(C5C6OC(=O)c5ccc(OC)cc5)C(C(OC)C23)C14. The molecule has 0 radical (unpaired) electrons. The van der Waals surface area contributed by atoms with Crippen LogP contribution in [-0.4, -0.2) is 141 Å². The van der Waals surface area contributed by atoms with Gasteiger partial charge in [-0.25, -0.2) is 4.79 Å². The van der Waals surface area contributed by atoms with Gasteiger partial charge in [-0.05, 0) is 43.1 Å². The zero-order valence-corrected chi connectivity index (χ0v) is 28.7. The number of benzene rings is 1. The van der Waals surface area contributed by atoms with Gasteiger partial charge in [-0.1, -0.05) is 6.92 Å².